The summed E-state index contributed by atoms with van der Waals surface area (Å²) in [6.45, 7) is 6.50. The zero-order chi connectivity index (χ0) is 11.8. The highest BCUT2D eigenvalue weighted by Crippen LogP contribution is 2.37. The molecule has 2 unspecified atom stereocenters. The number of nitrogens with zero attached hydrogens (tertiary/aromatic N) is 1. The summed E-state index contributed by atoms with van der Waals surface area (Å²) in [5, 5.41) is 13.8. The van der Waals surface area contributed by atoms with E-state index in [2.05, 4.69) is 24.2 Å². The Morgan fingerprint density at radius 2 is 2.06 bits per heavy atom. The second kappa shape index (κ2) is 4.46. The van der Waals surface area contributed by atoms with E-state index in [-0.39, 0.29) is 0 Å². The summed E-state index contributed by atoms with van der Waals surface area (Å²) in [5.41, 5.74) is 0.545. The summed E-state index contributed by atoms with van der Waals surface area (Å²) in [5.74, 6) is 1.27. The molecule has 2 atom stereocenters. The lowest BCUT2D eigenvalue weighted by Crippen LogP contribution is -2.39. The van der Waals surface area contributed by atoms with Gasteiger partial charge in [0.1, 0.15) is 0 Å². The Morgan fingerprint density at radius 1 is 1.44 bits per heavy atom. The van der Waals surface area contributed by atoms with Crippen molar-refractivity contribution in [1.82, 2.24) is 4.98 Å². The van der Waals surface area contributed by atoms with Crippen molar-refractivity contribution < 1.29 is 5.11 Å². The van der Waals surface area contributed by atoms with Gasteiger partial charge in [-0.15, -0.1) is 11.3 Å². The third-order valence-corrected chi connectivity index (χ3v) is 4.26. The Morgan fingerprint density at radius 3 is 2.56 bits per heavy atom. The molecule has 1 aromatic heterocycles. The van der Waals surface area contributed by atoms with Crippen molar-refractivity contribution in [3.05, 3.63) is 16.1 Å². The molecule has 1 fully saturated rings. The van der Waals surface area contributed by atoms with E-state index >= 15 is 0 Å². The Hall–Kier alpha value is -0.410. The van der Waals surface area contributed by atoms with E-state index in [9.17, 15) is 5.11 Å². The minimum Gasteiger partial charge on any atom is -0.389 e. The van der Waals surface area contributed by atoms with Crippen molar-refractivity contribution in [2.24, 2.45) is 11.8 Å². The second-order valence-electron chi connectivity index (χ2n) is 5.61. The van der Waals surface area contributed by atoms with E-state index in [1.807, 2.05) is 6.92 Å². The van der Waals surface area contributed by atoms with Crippen LogP contribution in [0.3, 0.4) is 0 Å². The molecule has 0 radical (unpaired) electrons. The predicted molar refractivity (Wildman–Crippen MR) is 67.7 cm³/mol. The van der Waals surface area contributed by atoms with Crippen LogP contribution in [-0.4, -0.2) is 15.7 Å². The van der Waals surface area contributed by atoms with Crippen LogP contribution >= 0.6 is 11.3 Å². The third-order valence-electron chi connectivity index (χ3n) is 3.44. The molecule has 1 aliphatic carbocycles. The molecule has 1 aromatic rings. The number of aromatic nitrogens is 1. The number of rotatable bonds is 2. The molecule has 0 spiro atoms. The molecule has 1 heterocycles. The number of thiazole rings is 1. The monoisotopic (exact) mass is 239 g/mol. The highest BCUT2D eigenvalue weighted by atomic mass is 32.1. The highest BCUT2D eigenvalue weighted by Gasteiger charge is 2.36. The largest absolute Gasteiger partial charge is 0.389 e. The van der Waals surface area contributed by atoms with Gasteiger partial charge in [0.15, 0.2) is 0 Å². The van der Waals surface area contributed by atoms with E-state index in [0.717, 1.165) is 30.0 Å². The molecule has 0 saturated heterocycles. The van der Waals surface area contributed by atoms with Gasteiger partial charge in [0.05, 0.1) is 16.3 Å². The van der Waals surface area contributed by atoms with Crippen molar-refractivity contribution in [1.29, 1.82) is 0 Å². The maximum Gasteiger partial charge on any atom is 0.0897 e. The van der Waals surface area contributed by atoms with Gasteiger partial charge in [0, 0.05) is 11.8 Å². The first kappa shape index (κ1) is 12.1. The lowest BCUT2D eigenvalue weighted by Gasteiger charge is -2.38. The van der Waals surface area contributed by atoms with Gasteiger partial charge in [0.25, 0.3) is 0 Å². The molecule has 0 amide bonds. The molecule has 0 bridgehead atoms. The number of hydrogen-bond donors (Lipinski definition) is 1. The molecular formula is C13H21NOS. The first-order valence-electron chi connectivity index (χ1n) is 6.10. The fraction of sp³-hybridized carbons (Fsp3) is 0.769. The van der Waals surface area contributed by atoms with Crippen molar-refractivity contribution in [3.63, 3.8) is 0 Å². The number of aryl methyl sites for hydroxylation is 1. The molecule has 90 valence electrons. The van der Waals surface area contributed by atoms with Crippen molar-refractivity contribution >= 4 is 11.3 Å². The maximum atomic E-state index is 10.6. The zero-order valence-corrected chi connectivity index (χ0v) is 11.2. The van der Waals surface area contributed by atoms with Gasteiger partial charge in [-0.05, 0) is 38.0 Å². The maximum absolute atomic E-state index is 10.6. The second-order valence-corrected chi connectivity index (χ2v) is 6.68. The van der Waals surface area contributed by atoms with Crippen LogP contribution in [-0.2, 0) is 6.42 Å². The molecule has 0 aliphatic heterocycles. The third kappa shape index (κ3) is 2.83. The van der Waals surface area contributed by atoms with Crippen LogP contribution in [0.15, 0.2) is 5.38 Å². The van der Waals surface area contributed by atoms with E-state index in [4.69, 9.17) is 0 Å². The van der Waals surface area contributed by atoms with Crippen molar-refractivity contribution in [3.8, 4) is 0 Å². The average Bonchev–Trinajstić information content (AvgIpc) is 2.47. The lowest BCUT2D eigenvalue weighted by atomic mass is 9.72. The summed E-state index contributed by atoms with van der Waals surface area (Å²) < 4.78 is 0. The molecule has 3 heteroatoms. The van der Waals surface area contributed by atoms with Crippen molar-refractivity contribution in [2.75, 3.05) is 0 Å². The summed E-state index contributed by atoms with van der Waals surface area (Å²) in [6.07, 6.45) is 3.83. The molecule has 2 nitrogen and oxygen atoms in total. The standard InChI is InChI=1S/C13H21NOS/c1-9-4-10(2)6-13(15,5-9)7-12-8-16-11(3)14-12/h8-10,15H,4-7H2,1-3H3. The minimum absolute atomic E-state index is 0.516. The summed E-state index contributed by atoms with van der Waals surface area (Å²) in [7, 11) is 0. The fourth-order valence-electron chi connectivity index (χ4n) is 3.21. The smallest absolute Gasteiger partial charge is 0.0897 e. The topological polar surface area (TPSA) is 33.1 Å². The normalized spacial score (nSPS) is 35.2. The van der Waals surface area contributed by atoms with Crippen LogP contribution in [0.25, 0.3) is 0 Å². The summed E-state index contributed by atoms with van der Waals surface area (Å²) >= 11 is 1.67. The van der Waals surface area contributed by atoms with Gasteiger partial charge in [0.2, 0.25) is 0 Å². The first-order chi connectivity index (χ1) is 7.47. The van der Waals surface area contributed by atoms with Crippen LogP contribution in [0.1, 0.15) is 43.8 Å². The Labute approximate surface area is 102 Å². The molecule has 1 aliphatic rings. The molecule has 1 saturated carbocycles. The zero-order valence-electron chi connectivity index (χ0n) is 10.4. The van der Waals surface area contributed by atoms with Gasteiger partial charge in [-0.25, -0.2) is 4.98 Å². The predicted octanol–water partition coefficient (Wildman–Crippen LogP) is 3.18. The van der Waals surface area contributed by atoms with E-state index < -0.39 is 5.60 Å². The summed E-state index contributed by atoms with van der Waals surface area (Å²) in [4.78, 5) is 4.46. The van der Waals surface area contributed by atoms with Crippen LogP contribution < -0.4 is 0 Å². The van der Waals surface area contributed by atoms with E-state index in [0.29, 0.717) is 11.8 Å². The fourth-order valence-corrected chi connectivity index (χ4v) is 3.82. The SMILES string of the molecule is Cc1nc(CC2(O)CC(C)CC(C)C2)cs1. The average molecular weight is 239 g/mol. The number of aliphatic hydroxyl groups is 1. The Bertz CT molecular complexity index is 351. The lowest BCUT2D eigenvalue weighted by molar-refractivity contribution is -0.0310. The van der Waals surface area contributed by atoms with Crippen LogP contribution in [0.5, 0.6) is 0 Å². The van der Waals surface area contributed by atoms with Gasteiger partial charge < -0.3 is 5.11 Å². The van der Waals surface area contributed by atoms with Gasteiger partial charge in [-0.3, -0.25) is 0 Å². The quantitative estimate of drug-likeness (QED) is 0.860. The van der Waals surface area contributed by atoms with E-state index in [1.54, 1.807) is 11.3 Å². The number of hydrogen-bond acceptors (Lipinski definition) is 3. The van der Waals surface area contributed by atoms with Gasteiger partial charge in [-0.2, -0.15) is 0 Å². The van der Waals surface area contributed by atoms with E-state index in [1.165, 1.54) is 6.42 Å². The Balaban J connectivity index is 2.07. The molecule has 1 N–H and O–H groups in total. The van der Waals surface area contributed by atoms with Gasteiger partial charge in [-0.1, -0.05) is 13.8 Å². The van der Waals surface area contributed by atoms with Gasteiger partial charge >= 0.3 is 0 Å². The summed E-state index contributed by atoms with van der Waals surface area (Å²) in [6, 6.07) is 0. The molecule has 2 rings (SSSR count). The first-order valence-corrected chi connectivity index (χ1v) is 6.98. The minimum atomic E-state index is -0.516. The van der Waals surface area contributed by atoms with Crippen LogP contribution in [0.4, 0.5) is 0 Å². The van der Waals surface area contributed by atoms with Crippen molar-refractivity contribution in [2.45, 2.75) is 52.1 Å². The van der Waals surface area contributed by atoms with Crippen LogP contribution in [0, 0.1) is 18.8 Å². The van der Waals surface area contributed by atoms with Crippen LogP contribution in [0.2, 0.25) is 0 Å². The Kier molecular flexibility index (Phi) is 3.36. The molecular weight excluding hydrogens is 218 g/mol. The molecule has 16 heavy (non-hydrogen) atoms. The molecule has 0 aromatic carbocycles. The highest BCUT2D eigenvalue weighted by molar-refractivity contribution is 7.09.